The molecule has 1 aliphatic carbocycles. The number of fused-ring (bicyclic) bond motifs is 1. The van der Waals surface area contributed by atoms with Gasteiger partial charge in [-0.15, -0.1) is 0 Å². The van der Waals surface area contributed by atoms with Gasteiger partial charge in [-0.25, -0.2) is 4.79 Å². The van der Waals surface area contributed by atoms with Crippen molar-refractivity contribution >= 4 is 5.97 Å². The van der Waals surface area contributed by atoms with Crippen molar-refractivity contribution < 1.29 is 9.90 Å². The van der Waals surface area contributed by atoms with Crippen molar-refractivity contribution in [1.29, 1.82) is 0 Å². The van der Waals surface area contributed by atoms with Crippen LogP contribution in [0.5, 0.6) is 0 Å². The van der Waals surface area contributed by atoms with Crippen LogP contribution in [0.1, 0.15) is 29.8 Å². The number of nitrogens with two attached hydrogens (primary N) is 1. The summed E-state index contributed by atoms with van der Waals surface area (Å²) in [6.45, 7) is 1.81. The summed E-state index contributed by atoms with van der Waals surface area (Å²) in [5.74, 6) is -0.959. The van der Waals surface area contributed by atoms with Gasteiger partial charge in [0.05, 0.1) is 5.69 Å². The summed E-state index contributed by atoms with van der Waals surface area (Å²) in [6.07, 6.45) is 2.15. The third-order valence-electron chi connectivity index (χ3n) is 3.15. The second-order valence-corrected chi connectivity index (χ2v) is 4.16. The molecule has 0 saturated carbocycles. The average molecular weight is 209 g/mol. The summed E-state index contributed by atoms with van der Waals surface area (Å²) >= 11 is 0. The number of hydrogen-bond acceptors (Lipinski definition) is 3. The standard InChI is InChI=1S/C10H15N3O2/c1-6-8-7(13(2)12-6)4-3-5-10(8,11)9(14)15/h3-5,11H2,1-2H3,(H,14,15). The Hall–Kier alpha value is -1.36. The van der Waals surface area contributed by atoms with E-state index in [2.05, 4.69) is 5.10 Å². The van der Waals surface area contributed by atoms with Crippen LogP contribution in [0.25, 0.3) is 0 Å². The molecule has 3 N–H and O–H groups in total. The largest absolute Gasteiger partial charge is 0.480 e. The number of carboxylic acid groups (broad SMARTS) is 1. The van der Waals surface area contributed by atoms with Crippen LogP contribution in [-0.2, 0) is 23.8 Å². The monoisotopic (exact) mass is 209 g/mol. The molecule has 1 atom stereocenters. The van der Waals surface area contributed by atoms with Crippen LogP contribution in [-0.4, -0.2) is 20.9 Å². The van der Waals surface area contributed by atoms with Crippen molar-refractivity contribution in [2.75, 3.05) is 0 Å². The van der Waals surface area contributed by atoms with Gasteiger partial charge in [-0.2, -0.15) is 5.10 Å². The van der Waals surface area contributed by atoms with Crippen LogP contribution in [0.2, 0.25) is 0 Å². The number of aliphatic carboxylic acids is 1. The van der Waals surface area contributed by atoms with Crippen LogP contribution in [0.3, 0.4) is 0 Å². The molecule has 1 heterocycles. The van der Waals surface area contributed by atoms with E-state index in [1.165, 1.54) is 0 Å². The molecule has 1 aromatic rings. The Bertz CT molecular complexity index is 425. The lowest BCUT2D eigenvalue weighted by Crippen LogP contribution is -2.47. The minimum Gasteiger partial charge on any atom is -0.480 e. The first-order valence-electron chi connectivity index (χ1n) is 5.02. The van der Waals surface area contributed by atoms with Gasteiger partial charge in [0.15, 0.2) is 0 Å². The molecule has 5 nitrogen and oxygen atoms in total. The van der Waals surface area contributed by atoms with Crippen molar-refractivity contribution in [2.45, 2.75) is 31.7 Å². The van der Waals surface area contributed by atoms with Gasteiger partial charge in [0.1, 0.15) is 5.54 Å². The fraction of sp³-hybridized carbons (Fsp3) is 0.600. The van der Waals surface area contributed by atoms with Gasteiger partial charge in [-0.05, 0) is 26.2 Å². The summed E-state index contributed by atoms with van der Waals surface area (Å²) in [7, 11) is 1.83. The van der Waals surface area contributed by atoms with E-state index < -0.39 is 11.5 Å². The number of aromatic nitrogens is 2. The summed E-state index contributed by atoms with van der Waals surface area (Å²) in [6, 6.07) is 0. The van der Waals surface area contributed by atoms with Crippen LogP contribution in [0, 0.1) is 6.92 Å². The molecular weight excluding hydrogens is 194 g/mol. The highest BCUT2D eigenvalue weighted by Crippen LogP contribution is 2.35. The van der Waals surface area contributed by atoms with E-state index in [0.717, 1.165) is 24.2 Å². The minimum absolute atomic E-state index is 0.488. The fourth-order valence-corrected chi connectivity index (χ4v) is 2.45. The molecule has 0 aliphatic heterocycles. The topological polar surface area (TPSA) is 81.1 Å². The molecule has 0 amide bonds. The lowest BCUT2D eigenvalue weighted by Gasteiger charge is -2.29. The predicted molar refractivity (Wildman–Crippen MR) is 54.4 cm³/mol. The third-order valence-corrected chi connectivity index (χ3v) is 3.15. The van der Waals surface area contributed by atoms with Crippen LogP contribution < -0.4 is 5.73 Å². The molecular formula is C10H15N3O2. The Morgan fingerprint density at radius 2 is 2.33 bits per heavy atom. The molecule has 1 aliphatic rings. The molecule has 0 saturated heterocycles. The van der Waals surface area contributed by atoms with E-state index in [1.807, 2.05) is 14.0 Å². The highest BCUT2D eigenvalue weighted by molar-refractivity contribution is 5.81. The zero-order chi connectivity index (χ0) is 11.2. The fourth-order valence-electron chi connectivity index (χ4n) is 2.45. The Balaban J connectivity index is 2.65. The molecule has 5 heteroatoms. The van der Waals surface area contributed by atoms with Gasteiger partial charge < -0.3 is 10.8 Å². The van der Waals surface area contributed by atoms with Crippen molar-refractivity contribution in [3.8, 4) is 0 Å². The zero-order valence-corrected chi connectivity index (χ0v) is 8.95. The minimum atomic E-state index is -1.24. The van der Waals surface area contributed by atoms with E-state index in [0.29, 0.717) is 12.0 Å². The molecule has 82 valence electrons. The van der Waals surface area contributed by atoms with Crippen LogP contribution >= 0.6 is 0 Å². The van der Waals surface area contributed by atoms with Gasteiger partial charge >= 0.3 is 5.97 Å². The Labute approximate surface area is 87.9 Å². The second-order valence-electron chi connectivity index (χ2n) is 4.16. The summed E-state index contributed by atoms with van der Waals surface area (Å²) in [5, 5.41) is 13.5. The predicted octanol–water partition coefficient (Wildman–Crippen LogP) is 0.303. The van der Waals surface area contributed by atoms with Gasteiger partial charge in [0, 0.05) is 18.3 Å². The molecule has 0 fully saturated rings. The third kappa shape index (κ3) is 1.26. The Morgan fingerprint density at radius 3 is 2.93 bits per heavy atom. The lowest BCUT2D eigenvalue weighted by molar-refractivity contribution is -0.144. The molecule has 1 unspecified atom stereocenters. The Kier molecular flexibility index (Phi) is 2.08. The molecule has 15 heavy (non-hydrogen) atoms. The zero-order valence-electron chi connectivity index (χ0n) is 8.95. The van der Waals surface area contributed by atoms with Gasteiger partial charge in [-0.3, -0.25) is 4.68 Å². The maximum Gasteiger partial charge on any atom is 0.328 e. The van der Waals surface area contributed by atoms with E-state index in [4.69, 9.17) is 5.73 Å². The molecule has 0 radical (unpaired) electrons. The number of rotatable bonds is 1. The molecule has 2 rings (SSSR count). The van der Waals surface area contributed by atoms with Gasteiger partial charge in [-0.1, -0.05) is 0 Å². The van der Waals surface area contributed by atoms with Crippen molar-refractivity contribution in [1.82, 2.24) is 9.78 Å². The van der Waals surface area contributed by atoms with E-state index in [1.54, 1.807) is 4.68 Å². The summed E-state index contributed by atoms with van der Waals surface area (Å²) in [5.41, 5.74) is 7.14. The van der Waals surface area contributed by atoms with E-state index >= 15 is 0 Å². The quantitative estimate of drug-likeness (QED) is 0.697. The number of nitrogens with zero attached hydrogens (tertiary/aromatic N) is 2. The molecule has 0 bridgehead atoms. The van der Waals surface area contributed by atoms with Crippen LogP contribution in [0.4, 0.5) is 0 Å². The molecule has 0 aromatic carbocycles. The number of hydrogen-bond donors (Lipinski definition) is 2. The summed E-state index contributed by atoms with van der Waals surface area (Å²) < 4.78 is 1.74. The lowest BCUT2D eigenvalue weighted by atomic mass is 9.79. The Morgan fingerprint density at radius 1 is 1.67 bits per heavy atom. The maximum absolute atomic E-state index is 11.2. The SMILES string of the molecule is Cc1nn(C)c2c1C(N)(C(=O)O)CCC2. The van der Waals surface area contributed by atoms with Gasteiger partial charge in [0.2, 0.25) is 0 Å². The normalized spacial score (nSPS) is 25.0. The first-order valence-corrected chi connectivity index (χ1v) is 5.02. The first kappa shape index (κ1) is 10.2. The summed E-state index contributed by atoms with van der Waals surface area (Å²) in [4.78, 5) is 11.2. The van der Waals surface area contributed by atoms with E-state index in [-0.39, 0.29) is 0 Å². The highest BCUT2D eigenvalue weighted by atomic mass is 16.4. The van der Waals surface area contributed by atoms with Crippen molar-refractivity contribution in [2.24, 2.45) is 12.8 Å². The smallest absolute Gasteiger partial charge is 0.328 e. The highest BCUT2D eigenvalue weighted by Gasteiger charge is 2.43. The molecule has 1 aromatic heterocycles. The van der Waals surface area contributed by atoms with Crippen molar-refractivity contribution in [3.63, 3.8) is 0 Å². The van der Waals surface area contributed by atoms with E-state index in [9.17, 15) is 9.90 Å². The van der Waals surface area contributed by atoms with Gasteiger partial charge in [0.25, 0.3) is 0 Å². The first-order chi connectivity index (χ1) is 6.97. The number of aryl methyl sites for hydroxylation is 2. The van der Waals surface area contributed by atoms with Crippen molar-refractivity contribution in [3.05, 3.63) is 17.0 Å². The maximum atomic E-state index is 11.2. The second kappa shape index (κ2) is 3.06. The average Bonchev–Trinajstić information content (AvgIpc) is 2.44. The number of carbonyl (C=O) groups is 1. The number of carboxylic acids is 1. The molecule has 0 spiro atoms. The van der Waals surface area contributed by atoms with Crippen LogP contribution in [0.15, 0.2) is 0 Å².